The molecular formula is C16H23NO2. The maximum absolute atomic E-state index is 10.6. The molecule has 1 aromatic carbocycles. The molecule has 1 N–H and O–H groups in total. The number of carboxylic acid groups (broad SMARTS) is 1. The van der Waals surface area contributed by atoms with Crippen molar-refractivity contribution in [2.45, 2.75) is 44.6 Å². The first kappa shape index (κ1) is 14.1. The van der Waals surface area contributed by atoms with E-state index in [1.54, 1.807) is 0 Å². The SMILES string of the molecule is O=C(O)CCCN1CCCCCC1c1ccccc1. The van der Waals surface area contributed by atoms with Crippen molar-refractivity contribution >= 4 is 5.97 Å². The number of aliphatic carboxylic acids is 1. The summed E-state index contributed by atoms with van der Waals surface area (Å²) in [7, 11) is 0. The summed E-state index contributed by atoms with van der Waals surface area (Å²) in [5.74, 6) is -0.689. The average Bonchev–Trinajstić information content (AvgIpc) is 2.65. The first-order chi connectivity index (χ1) is 9.27. The van der Waals surface area contributed by atoms with E-state index in [1.165, 1.54) is 31.2 Å². The molecule has 3 nitrogen and oxygen atoms in total. The molecule has 1 fully saturated rings. The molecule has 1 atom stereocenters. The predicted octanol–water partition coefficient (Wildman–Crippen LogP) is 3.47. The Morgan fingerprint density at radius 2 is 2.00 bits per heavy atom. The fraction of sp³-hybridized carbons (Fsp3) is 0.562. The lowest BCUT2D eigenvalue weighted by molar-refractivity contribution is -0.137. The Morgan fingerprint density at radius 1 is 1.21 bits per heavy atom. The molecule has 0 radical (unpaired) electrons. The van der Waals surface area contributed by atoms with Gasteiger partial charge in [-0.1, -0.05) is 43.2 Å². The lowest BCUT2D eigenvalue weighted by Gasteiger charge is -2.30. The third kappa shape index (κ3) is 4.35. The Labute approximate surface area is 115 Å². The molecule has 19 heavy (non-hydrogen) atoms. The fourth-order valence-corrected chi connectivity index (χ4v) is 2.92. The summed E-state index contributed by atoms with van der Waals surface area (Å²) in [4.78, 5) is 13.1. The number of carbonyl (C=O) groups is 1. The topological polar surface area (TPSA) is 40.5 Å². The third-order valence-corrected chi connectivity index (χ3v) is 3.88. The van der Waals surface area contributed by atoms with Crippen LogP contribution in [0.4, 0.5) is 0 Å². The molecule has 0 aromatic heterocycles. The van der Waals surface area contributed by atoms with Gasteiger partial charge in [-0.05, 0) is 37.9 Å². The number of rotatable bonds is 5. The van der Waals surface area contributed by atoms with Gasteiger partial charge in [0.15, 0.2) is 0 Å². The van der Waals surface area contributed by atoms with Gasteiger partial charge >= 0.3 is 5.97 Å². The Bertz CT molecular complexity index is 391. The standard InChI is InChI=1S/C16H23NO2/c18-16(19)11-7-13-17-12-6-2-5-10-15(17)14-8-3-1-4-9-14/h1,3-4,8-9,15H,2,5-7,10-13H2,(H,18,19). The summed E-state index contributed by atoms with van der Waals surface area (Å²) in [5.41, 5.74) is 1.37. The zero-order valence-corrected chi connectivity index (χ0v) is 11.4. The Kier molecular flexibility index (Phi) is 5.40. The molecular weight excluding hydrogens is 238 g/mol. The van der Waals surface area contributed by atoms with Crippen molar-refractivity contribution in [1.82, 2.24) is 4.90 Å². The van der Waals surface area contributed by atoms with Crippen LogP contribution in [0.25, 0.3) is 0 Å². The third-order valence-electron chi connectivity index (χ3n) is 3.88. The molecule has 1 heterocycles. The summed E-state index contributed by atoms with van der Waals surface area (Å²) in [5, 5.41) is 8.76. The summed E-state index contributed by atoms with van der Waals surface area (Å²) in [6.45, 7) is 1.99. The Balaban J connectivity index is 2.01. The Morgan fingerprint density at radius 3 is 2.74 bits per heavy atom. The number of benzene rings is 1. The van der Waals surface area contributed by atoms with E-state index < -0.39 is 5.97 Å². The summed E-state index contributed by atoms with van der Waals surface area (Å²) in [6.07, 6.45) is 6.01. The van der Waals surface area contributed by atoms with Crippen molar-refractivity contribution in [2.24, 2.45) is 0 Å². The monoisotopic (exact) mass is 261 g/mol. The van der Waals surface area contributed by atoms with Gasteiger partial charge in [-0.2, -0.15) is 0 Å². The minimum atomic E-state index is -0.689. The highest BCUT2D eigenvalue weighted by Gasteiger charge is 2.21. The maximum Gasteiger partial charge on any atom is 0.303 e. The van der Waals surface area contributed by atoms with Crippen molar-refractivity contribution in [3.8, 4) is 0 Å². The van der Waals surface area contributed by atoms with Crippen molar-refractivity contribution in [3.63, 3.8) is 0 Å². The minimum Gasteiger partial charge on any atom is -0.481 e. The van der Waals surface area contributed by atoms with Crippen LogP contribution in [-0.2, 0) is 4.79 Å². The van der Waals surface area contributed by atoms with Gasteiger partial charge in [0, 0.05) is 12.5 Å². The number of hydrogen-bond acceptors (Lipinski definition) is 2. The van der Waals surface area contributed by atoms with Crippen LogP contribution in [0.15, 0.2) is 30.3 Å². The molecule has 0 bridgehead atoms. The first-order valence-electron chi connectivity index (χ1n) is 7.28. The highest BCUT2D eigenvalue weighted by Crippen LogP contribution is 2.30. The molecule has 0 spiro atoms. The van der Waals surface area contributed by atoms with Crippen LogP contribution in [0.3, 0.4) is 0 Å². The second-order valence-electron chi connectivity index (χ2n) is 5.31. The van der Waals surface area contributed by atoms with Crippen LogP contribution in [0.5, 0.6) is 0 Å². The van der Waals surface area contributed by atoms with Gasteiger partial charge in [0.05, 0.1) is 0 Å². The molecule has 3 heteroatoms. The molecule has 1 aliphatic rings. The van der Waals surface area contributed by atoms with Gasteiger partial charge in [-0.3, -0.25) is 9.69 Å². The molecule has 0 amide bonds. The van der Waals surface area contributed by atoms with E-state index >= 15 is 0 Å². The van der Waals surface area contributed by atoms with Crippen LogP contribution >= 0.6 is 0 Å². The second kappa shape index (κ2) is 7.29. The van der Waals surface area contributed by atoms with Crippen LogP contribution in [0, 0.1) is 0 Å². The average molecular weight is 261 g/mol. The van der Waals surface area contributed by atoms with Gasteiger partial charge in [-0.15, -0.1) is 0 Å². The molecule has 1 saturated heterocycles. The van der Waals surface area contributed by atoms with Crippen molar-refractivity contribution in [1.29, 1.82) is 0 Å². The van der Waals surface area contributed by atoms with Crippen molar-refractivity contribution in [3.05, 3.63) is 35.9 Å². The van der Waals surface area contributed by atoms with E-state index in [9.17, 15) is 4.79 Å². The normalized spacial score (nSPS) is 20.9. The van der Waals surface area contributed by atoms with Crippen LogP contribution < -0.4 is 0 Å². The first-order valence-corrected chi connectivity index (χ1v) is 7.28. The fourth-order valence-electron chi connectivity index (χ4n) is 2.92. The summed E-state index contributed by atoms with van der Waals surface area (Å²) < 4.78 is 0. The summed E-state index contributed by atoms with van der Waals surface area (Å²) >= 11 is 0. The van der Waals surface area contributed by atoms with E-state index in [0.29, 0.717) is 6.04 Å². The zero-order valence-electron chi connectivity index (χ0n) is 11.4. The highest BCUT2D eigenvalue weighted by atomic mass is 16.4. The minimum absolute atomic E-state index is 0.276. The number of carboxylic acids is 1. The molecule has 1 aromatic rings. The maximum atomic E-state index is 10.6. The van der Waals surface area contributed by atoms with Gasteiger partial charge in [0.1, 0.15) is 0 Å². The van der Waals surface area contributed by atoms with Gasteiger partial charge in [0.2, 0.25) is 0 Å². The van der Waals surface area contributed by atoms with E-state index in [-0.39, 0.29) is 6.42 Å². The van der Waals surface area contributed by atoms with Crippen molar-refractivity contribution in [2.75, 3.05) is 13.1 Å². The lowest BCUT2D eigenvalue weighted by Crippen LogP contribution is -2.30. The van der Waals surface area contributed by atoms with Gasteiger partial charge in [0.25, 0.3) is 0 Å². The largest absolute Gasteiger partial charge is 0.481 e. The van der Waals surface area contributed by atoms with Crippen LogP contribution in [0.2, 0.25) is 0 Å². The molecule has 1 unspecified atom stereocenters. The smallest absolute Gasteiger partial charge is 0.303 e. The quantitative estimate of drug-likeness (QED) is 0.882. The molecule has 2 rings (SSSR count). The number of likely N-dealkylation sites (tertiary alicyclic amines) is 1. The molecule has 0 aliphatic carbocycles. The molecule has 104 valence electrons. The van der Waals surface area contributed by atoms with Gasteiger partial charge in [-0.25, -0.2) is 0 Å². The van der Waals surface area contributed by atoms with Crippen LogP contribution in [-0.4, -0.2) is 29.1 Å². The molecule has 0 saturated carbocycles. The second-order valence-corrected chi connectivity index (χ2v) is 5.31. The van der Waals surface area contributed by atoms with Gasteiger partial charge < -0.3 is 5.11 Å². The van der Waals surface area contributed by atoms with Crippen molar-refractivity contribution < 1.29 is 9.90 Å². The Hall–Kier alpha value is -1.35. The number of hydrogen-bond donors (Lipinski definition) is 1. The summed E-state index contributed by atoms with van der Waals surface area (Å²) in [6, 6.07) is 11.1. The number of nitrogens with zero attached hydrogens (tertiary/aromatic N) is 1. The highest BCUT2D eigenvalue weighted by molar-refractivity contribution is 5.66. The van der Waals surface area contributed by atoms with E-state index in [4.69, 9.17) is 5.11 Å². The predicted molar refractivity (Wildman–Crippen MR) is 76.1 cm³/mol. The van der Waals surface area contributed by atoms with Crippen LogP contribution in [0.1, 0.15) is 50.1 Å². The molecule has 1 aliphatic heterocycles. The van der Waals surface area contributed by atoms with E-state index in [0.717, 1.165) is 19.5 Å². The lowest BCUT2D eigenvalue weighted by atomic mass is 10.0. The van der Waals surface area contributed by atoms with E-state index in [1.807, 2.05) is 0 Å². The van der Waals surface area contributed by atoms with E-state index in [2.05, 4.69) is 35.2 Å². The zero-order chi connectivity index (χ0) is 13.5.